The van der Waals surface area contributed by atoms with Crippen LogP contribution in [0, 0.1) is 5.92 Å². The van der Waals surface area contributed by atoms with Crippen molar-refractivity contribution in [3.8, 4) is 0 Å². The topological polar surface area (TPSA) is 109 Å². The van der Waals surface area contributed by atoms with E-state index in [1.54, 1.807) is 42.2 Å². The summed E-state index contributed by atoms with van der Waals surface area (Å²) in [6, 6.07) is 10.0. The van der Waals surface area contributed by atoms with Crippen LogP contribution >= 0.6 is 0 Å². The molecule has 2 heterocycles. The number of hydrogen-bond donors (Lipinski definition) is 2. The van der Waals surface area contributed by atoms with E-state index in [0.29, 0.717) is 37.4 Å². The van der Waals surface area contributed by atoms with Crippen molar-refractivity contribution >= 4 is 29.4 Å². The Morgan fingerprint density at radius 3 is 2.72 bits per heavy atom. The standard InChI is InChI=1S/C21H23N3O5/c1-2-29-21(28)15-9-6-10-24(13-15)18-17(20(26)27)11-16(12-22-18)23-19(25)14-7-4-3-5-8-14/h3-5,7-8,11-12,15H,2,6,9-10,13H2,1H3,(H,23,25)(H,26,27). The zero-order valence-electron chi connectivity index (χ0n) is 16.1. The minimum Gasteiger partial charge on any atom is -0.478 e. The number of ether oxygens (including phenoxy) is 1. The molecular formula is C21H23N3O5. The smallest absolute Gasteiger partial charge is 0.339 e. The molecule has 1 aliphatic heterocycles. The van der Waals surface area contributed by atoms with Gasteiger partial charge in [0.1, 0.15) is 11.4 Å². The molecule has 3 rings (SSSR count). The molecule has 0 bridgehead atoms. The molecule has 1 atom stereocenters. The summed E-state index contributed by atoms with van der Waals surface area (Å²) in [5, 5.41) is 12.3. The summed E-state index contributed by atoms with van der Waals surface area (Å²) in [6.45, 7) is 3.01. The molecule has 0 aliphatic carbocycles. The minimum atomic E-state index is -1.15. The number of nitrogens with one attached hydrogen (secondary N) is 1. The van der Waals surface area contributed by atoms with Crippen LogP contribution in [-0.2, 0) is 9.53 Å². The van der Waals surface area contributed by atoms with Gasteiger partial charge in [-0.1, -0.05) is 18.2 Å². The fourth-order valence-electron chi connectivity index (χ4n) is 3.35. The number of anilines is 2. The number of esters is 1. The SMILES string of the molecule is CCOC(=O)C1CCCN(c2ncc(NC(=O)c3ccccc3)cc2C(=O)O)C1. The average molecular weight is 397 g/mol. The summed E-state index contributed by atoms with van der Waals surface area (Å²) in [4.78, 5) is 42.3. The monoisotopic (exact) mass is 397 g/mol. The second kappa shape index (κ2) is 9.18. The lowest BCUT2D eigenvalue weighted by molar-refractivity contribution is -0.148. The highest BCUT2D eigenvalue weighted by atomic mass is 16.5. The first kappa shape index (κ1) is 20.3. The van der Waals surface area contributed by atoms with Crippen LogP contribution in [0.4, 0.5) is 11.5 Å². The molecule has 8 heteroatoms. The van der Waals surface area contributed by atoms with Gasteiger partial charge in [-0.25, -0.2) is 9.78 Å². The number of rotatable bonds is 6. The lowest BCUT2D eigenvalue weighted by Crippen LogP contribution is -2.40. The molecular weight excluding hydrogens is 374 g/mol. The van der Waals surface area contributed by atoms with E-state index in [1.165, 1.54) is 12.3 Å². The van der Waals surface area contributed by atoms with Gasteiger partial charge in [0, 0.05) is 18.7 Å². The molecule has 1 aromatic heterocycles. The second-order valence-corrected chi connectivity index (χ2v) is 6.76. The number of amides is 1. The van der Waals surface area contributed by atoms with Crippen LogP contribution in [0.5, 0.6) is 0 Å². The van der Waals surface area contributed by atoms with E-state index in [2.05, 4.69) is 10.3 Å². The summed E-state index contributed by atoms with van der Waals surface area (Å²) < 4.78 is 5.10. The molecule has 0 spiro atoms. The summed E-state index contributed by atoms with van der Waals surface area (Å²) in [7, 11) is 0. The third kappa shape index (κ3) is 4.90. The molecule has 2 N–H and O–H groups in total. The number of piperidine rings is 1. The molecule has 0 radical (unpaired) electrons. The zero-order valence-corrected chi connectivity index (χ0v) is 16.1. The highest BCUT2D eigenvalue weighted by Gasteiger charge is 2.29. The third-order valence-electron chi connectivity index (χ3n) is 4.73. The van der Waals surface area contributed by atoms with Crippen molar-refractivity contribution in [2.45, 2.75) is 19.8 Å². The highest BCUT2D eigenvalue weighted by Crippen LogP contribution is 2.27. The number of aromatic nitrogens is 1. The molecule has 1 unspecified atom stereocenters. The van der Waals surface area contributed by atoms with Crippen molar-refractivity contribution in [2.24, 2.45) is 5.92 Å². The molecule has 152 valence electrons. The summed E-state index contributed by atoms with van der Waals surface area (Å²) >= 11 is 0. The van der Waals surface area contributed by atoms with E-state index >= 15 is 0 Å². The third-order valence-corrected chi connectivity index (χ3v) is 4.73. The Balaban J connectivity index is 1.80. The average Bonchev–Trinajstić information content (AvgIpc) is 2.74. The van der Waals surface area contributed by atoms with Gasteiger partial charge in [0.05, 0.1) is 24.4 Å². The Labute approximate surface area is 168 Å². The van der Waals surface area contributed by atoms with Crippen LogP contribution in [0.15, 0.2) is 42.6 Å². The lowest BCUT2D eigenvalue weighted by Gasteiger charge is -2.33. The molecule has 1 amide bonds. The van der Waals surface area contributed by atoms with Crippen molar-refractivity contribution in [3.63, 3.8) is 0 Å². The minimum absolute atomic E-state index is 0.0274. The summed E-state index contributed by atoms with van der Waals surface area (Å²) in [6.07, 6.45) is 2.86. The van der Waals surface area contributed by atoms with Crippen molar-refractivity contribution in [1.29, 1.82) is 0 Å². The Morgan fingerprint density at radius 1 is 1.28 bits per heavy atom. The van der Waals surface area contributed by atoms with E-state index in [4.69, 9.17) is 4.74 Å². The van der Waals surface area contributed by atoms with E-state index in [1.807, 2.05) is 0 Å². The first-order valence-electron chi connectivity index (χ1n) is 9.51. The van der Waals surface area contributed by atoms with Crippen molar-refractivity contribution in [1.82, 2.24) is 4.98 Å². The largest absolute Gasteiger partial charge is 0.478 e. The van der Waals surface area contributed by atoms with Crippen LogP contribution in [-0.4, -0.2) is 47.6 Å². The van der Waals surface area contributed by atoms with E-state index in [0.717, 1.165) is 6.42 Å². The van der Waals surface area contributed by atoms with Gasteiger partial charge in [-0.3, -0.25) is 9.59 Å². The molecule has 1 fully saturated rings. The van der Waals surface area contributed by atoms with Crippen LogP contribution in [0.3, 0.4) is 0 Å². The number of pyridine rings is 1. The van der Waals surface area contributed by atoms with Gasteiger partial charge < -0.3 is 20.1 Å². The van der Waals surface area contributed by atoms with Crippen molar-refractivity contribution in [2.75, 3.05) is 29.9 Å². The number of nitrogens with zero attached hydrogens (tertiary/aromatic N) is 2. The normalized spacial score (nSPS) is 16.2. The lowest BCUT2D eigenvalue weighted by atomic mass is 9.98. The van der Waals surface area contributed by atoms with E-state index < -0.39 is 5.97 Å². The molecule has 1 aromatic carbocycles. The van der Waals surface area contributed by atoms with Gasteiger partial charge in [-0.15, -0.1) is 0 Å². The first-order valence-corrected chi connectivity index (χ1v) is 9.51. The summed E-state index contributed by atoms with van der Waals surface area (Å²) in [5.41, 5.74) is 0.723. The van der Waals surface area contributed by atoms with Crippen LogP contribution in [0.1, 0.15) is 40.5 Å². The Bertz CT molecular complexity index is 900. The Morgan fingerprint density at radius 2 is 2.03 bits per heavy atom. The van der Waals surface area contributed by atoms with Crippen LogP contribution < -0.4 is 10.2 Å². The maximum atomic E-state index is 12.3. The fourth-order valence-corrected chi connectivity index (χ4v) is 3.35. The molecule has 0 saturated carbocycles. The van der Waals surface area contributed by atoms with Crippen LogP contribution in [0.2, 0.25) is 0 Å². The number of carbonyl (C=O) groups is 3. The number of benzene rings is 1. The molecule has 8 nitrogen and oxygen atoms in total. The second-order valence-electron chi connectivity index (χ2n) is 6.76. The number of carbonyl (C=O) groups excluding carboxylic acids is 2. The van der Waals surface area contributed by atoms with Crippen molar-refractivity contribution < 1.29 is 24.2 Å². The molecule has 1 saturated heterocycles. The van der Waals surface area contributed by atoms with Gasteiger partial charge in [-0.2, -0.15) is 0 Å². The van der Waals surface area contributed by atoms with Gasteiger partial charge in [0.2, 0.25) is 0 Å². The summed E-state index contributed by atoms with van der Waals surface area (Å²) in [5.74, 6) is -1.81. The number of aromatic carboxylic acids is 1. The van der Waals surface area contributed by atoms with Crippen LogP contribution in [0.25, 0.3) is 0 Å². The number of carboxylic acid groups (broad SMARTS) is 1. The molecule has 2 aromatic rings. The zero-order chi connectivity index (χ0) is 20.8. The van der Waals surface area contributed by atoms with E-state index in [9.17, 15) is 19.5 Å². The van der Waals surface area contributed by atoms with Gasteiger partial charge in [0.15, 0.2) is 0 Å². The van der Waals surface area contributed by atoms with Crippen molar-refractivity contribution in [3.05, 3.63) is 53.7 Å². The predicted molar refractivity (Wildman–Crippen MR) is 107 cm³/mol. The Kier molecular flexibility index (Phi) is 6.43. The predicted octanol–water partition coefficient (Wildman–Crippen LogP) is 2.81. The maximum Gasteiger partial charge on any atom is 0.339 e. The highest BCUT2D eigenvalue weighted by molar-refractivity contribution is 6.05. The van der Waals surface area contributed by atoms with Gasteiger partial charge in [-0.05, 0) is 38.0 Å². The number of hydrogen-bond acceptors (Lipinski definition) is 6. The first-order chi connectivity index (χ1) is 14.0. The molecule has 1 aliphatic rings. The van der Waals surface area contributed by atoms with E-state index in [-0.39, 0.29) is 29.2 Å². The van der Waals surface area contributed by atoms with Gasteiger partial charge >= 0.3 is 11.9 Å². The number of carboxylic acids is 1. The fraction of sp³-hybridized carbons (Fsp3) is 0.333. The maximum absolute atomic E-state index is 12.3. The quantitative estimate of drug-likeness (QED) is 0.722. The Hall–Kier alpha value is -3.42. The molecule has 29 heavy (non-hydrogen) atoms. The van der Waals surface area contributed by atoms with Gasteiger partial charge in [0.25, 0.3) is 5.91 Å².